The Morgan fingerprint density at radius 3 is 2.70 bits per heavy atom. The second-order valence-electron chi connectivity index (χ2n) is 4.64. The van der Waals surface area contributed by atoms with Crippen molar-refractivity contribution in [1.82, 2.24) is 24.9 Å². The Morgan fingerprint density at radius 1 is 1.25 bits per heavy atom. The van der Waals surface area contributed by atoms with Crippen LogP contribution in [0.2, 0.25) is 5.02 Å². The zero-order chi connectivity index (χ0) is 14.5. The molecule has 0 radical (unpaired) electrons. The molecular weight excluding hydrogens is 274 g/mol. The topological polar surface area (TPSA) is 47.7 Å². The first kappa shape index (κ1) is 15.1. The summed E-state index contributed by atoms with van der Waals surface area (Å²) in [6, 6.07) is 2.03. The van der Waals surface area contributed by atoms with E-state index >= 15 is 0 Å². The van der Waals surface area contributed by atoms with Crippen LogP contribution in [0.25, 0.3) is 0 Å². The van der Waals surface area contributed by atoms with Crippen molar-refractivity contribution < 1.29 is 0 Å². The molecule has 0 amide bonds. The van der Waals surface area contributed by atoms with Crippen molar-refractivity contribution in [1.29, 1.82) is 0 Å². The monoisotopic (exact) mass is 295 g/mol. The van der Waals surface area contributed by atoms with Crippen LogP contribution in [-0.2, 0) is 26.1 Å². The van der Waals surface area contributed by atoms with E-state index in [4.69, 9.17) is 11.6 Å². The minimum absolute atomic E-state index is 0.660. The van der Waals surface area contributed by atoms with Crippen molar-refractivity contribution in [2.75, 3.05) is 6.54 Å². The molecule has 0 aliphatic carbocycles. The van der Waals surface area contributed by atoms with Crippen LogP contribution in [0.3, 0.4) is 0 Å². The van der Waals surface area contributed by atoms with E-state index in [1.165, 1.54) is 0 Å². The van der Waals surface area contributed by atoms with Crippen molar-refractivity contribution in [3.63, 3.8) is 0 Å². The van der Waals surface area contributed by atoms with E-state index in [1.807, 2.05) is 21.6 Å². The van der Waals surface area contributed by atoms with Crippen LogP contribution < -0.4 is 5.32 Å². The summed E-state index contributed by atoms with van der Waals surface area (Å²) in [5.41, 5.74) is 3.15. The van der Waals surface area contributed by atoms with Crippen LogP contribution in [-0.4, -0.2) is 26.1 Å². The standard InChI is InChI=1S/C14H22ClN5/c1-4-12-14(15)13(19(6-3)18-12)10-20-11(7-8-17-20)9-16-5-2/h7-8,16H,4-6,9-10H2,1-3H3. The fourth-order valence-electron chi connectivity index (χ4n) is 2.22. The van der Waals surface area contributed by atoms with Crippen LogP contribution in [0.5, 0.6) is 0 Å². The molecule has 5 nitrogen and oxygen atoms in total. The Bertz CT molecular complexity index is 558. The SMILES string of the molecule is CCNCc1ccnn1Cc1c(Cl)c(CC)nn1CC. The van der Waals surface area contributed by atoms with Crippen LogP contribution in [0.1, 0.15) is 37.9 Å². The van der Waals surface area contributed by atoms with Gasteiger partial charge in [-0.1, -0.05) is 25.4 Å². The molecule has 0 unspecified atom stereocenters. The molecule has 0 aromatic carbocycles. The highest BCUT2D eigenvalue weighted by Gasteiger charge is 2.15. The van der Waals surface area contributed by atoms with Crippen molar-refractivity contribution in [2.24, 2.45) is 0 Å². The average Bonchev–Trinajstić information content (AvgIpc) is 3.02. The summed E-state index contributed by atoms with van der Waals surface area (Å²) < 4.78 is 3.96. The highest BCUT2D eigenvalue weighted by atomic mass is 35.5. The molecule has 2 aromatic heterocycles. The first-order valence-corrected chi connectivity index (χ1v) is 7.54. The maximum atomic E-state index is 6.44. The first-order valence-electron chi connectivity index (χ1n) is 7.16. The Morgan fingerprint density at radius 2 is 2.05 bits per heavy atom. The molecule has 6 heteroatoms. The van der Waals surface area contributed by atoms with Crippen molar-refractivity contribution in [2.45, 2.75) is 46.8 Å². The number of nitrogens with one attached hydrogen (secondary N) is 1. The summed E-state index contributed by atoms with van der Waals surface area (Å²) in [4.78, 5) is 0. The van der Waals surface area contributed by atoms with Gasteiger partial charge in [-0.3, -0.25) is 9.36 Å². The molecule has 0 spiro atoms. The lowest BCUT2D eigenvalue weighted by molar-refractivity contribution is 0.551. The van der Waals surface area contributed by atoms with Crippen molar-refractivity contribution >= 4 is 11.6 Å². The quantitative estimate of drug-likeness (QED) is 0.853. The fraction of sp³-hybridized carbons (Fsp3) is 0.571. The first-order chi connectivity index (χ1) is 9.71. The van der Waals surface area contributed by atoms with E-state index < -0.39 is 0 Å². The zero-order valence-electron chi connectivity index (χ0n) is 12.4. The second kappa shape index (κ2) is 6.90. The van der Waals surface area contributed by atoms with Crippen molar-refractivity contribution in [3.05, 3.63) is 34.4 Å². The average molecular weight is 296 g/mol. The molecule has 0 saturated carbocycles. The number of aromatic nitrogens is 4. The predicted octanol–water partition coefficient (Wildman–Crippen LogP) is 2.47. The minimum atomic E-state index is 0.660. The third-order valence-corrected chi connectivity index (χ3v) is 3.79. The third-order valence-electron chi connectivity index (χ3n) is 3.35. The molecule has 0 atom stereocenters. The predicted molar refractivity (Wildman–Crippen MR) is 81.0 cm³/mol. The molecule has 0 fully saturated rings. The Hall–Kier alpha value is -1.33. The summed E-state index contributed by atoms with van der Waals surface area (Å²) in [6.07, 6.45) is 2.68. The van der Waals surface area contributed by atoms with Crippen LogP contribution in [0, 0.1) is 0 Å². The number of aryl methyl sites for hydroxylation is 2. The van der Waals surface area contributed by atoms with E-state index in [9.17, 15) is 0 Å². The van der Waals surface area contributed by atoms with Crippen molar-refractivity contribution in [3.8, 4) is 0 Å². The maximum absolute atomic E-state index is 6.44. The third kappa shape index (κ3) is 3.04. The molecule has 0 aliphatic rings. The zero-order valence-corrected chi connectivity index (χ0v) is 13.1. The van der Waals surface area contributed by atoms with Gasteiger partial charge in [0.25, 0.3) is 0 Å². The highest BCUT2D eigenvalue weighted by molar-refractivity contribution is 6.31. The lowest BCUT2D eigenvalue weighted by atomic mass is 10.3. The normalized spacial score (nSPS) is 11.2. The number of hydrogen-bond acceptors (Lipinski definition) is 3. The smallest absolute Gasteiger partial charge is 0.0869 e. The largest absolute Gasteiger partial charge is 0.311 e. The van der Waals surface area contributed by atoms with Gasteiger partial charge in [-0.05, 0) is 26.0 Å². The van der Waals surface area contributed by atoms with Gasteiger partial charge in [0.2, 0.25) is 0 Å². The van der Waals surface area contributed by atoms with Crippen LogP contribution in [0.15, 0.2) is 12.3 Å². The van der Waals surface area contributed by atoms with E-state index in [0.29, 0.717) is 6.54 Å². The van der Waals surface area contributed by atoms with Gasteiger partial charge >= 0.3 is 0 Å². The van der Waals surface area contributed by atoms with Gasteiger partial charge in [0.1, 0.15) is 0 Å². The van der Waals surface area contributed by atoms with E-state index in [0.717, 1.165) is 48.2 Å². The van der Waals surface area contributed by atoms with Gasteiger partial charge in [-0.2, -0.15) is 10.2 Å². The molecule has 0 saturated heterocycles. The molecule has 0 aliphatic heterocycles. The summed E-state index contributed by atoms with van der Waals surface area (Å²) in [5.74, 6) is 0. The Labute approximate surface area is 124 Å². The number of nitrogens with zero attached hydrogens (tertiary/aromatic N) is 4. The van der Waals surface area contributed by atoms with Gasteiger partial charge in [-0.15, -0.1) is 0 Å². The molecule has 1 N–H and O–H groups in total. The van der Waals surface area contributed by atoms with Gasteiger partial charge in [0.15, 0.2) is 0 Å². The van der Waals surface area contributed by atoms with E-state index in [-0.39, 0.29) is 0 Å². The van der Waals surface area contributed by atoms with Crippen LogP contribution in [0.4, 0.5) is 0 Å². The van der Waals surface area contributed by atoms with Gasteiger partial charge in [-0.25, -0.2) is 0 Å². The fourth-order valence-corrected chi connectivity index (χ4v) is 2.54. The Balaban J connectivity index is 2.25. The minimum Gasteiger partial charge on any atom is -0.311 e. The van der Waals surface area contributed by atoms with Gasteiger partial charge in [0, 0.05) is 19.3 Å². The summed E-state index contributed by atoms with van der Waals surface area (Å²) >= 11 is 6.44. The van der Waals surface area contributed by atoms with Crippen LogP contribution >= 0.6 is 11.6 Å². The number of rotatable bonds is 7. The maximum Gasteiger partial charge on any atom is 0.0869 e. The summed E-state index contributed by atoms with van der Waals surface area (Å²) in [7, 11) is 0. The van der Waals surface area contributed by atoms with Gasteiger partial charge in [0.05, 0.1) is 28.6 Å². The molecule has 2 rings (SSSR count). The molecule has 110 valence electrons. The summed E-state index contributed by atoms with van der Waals surface area (Å²) in [5, 5.41) is 13.0. The number of hydrogen-bond donors (Lipinski definition) is 1. The highest BCUT2D eigenvalue weighted by Crippen LogP contribution is 2.22. The molecule has 2 heterocycles. The second-order valence-corrected chi connectivity index (χ2v) is 5.02. The molecule has 20 heavy (non-hydrogen) atoms. The lowest BCUT2D eigenvalue weighted by Crippen LogP contribution is -2.17. The molecule has 0 bridgehead atoms. The van der Waals surface area contributed by atoms with Gasteiger partial charge < -0.3 is 5.32 Å². The number of halogens is 1. The molecule has 2 aromatic rings. The van der Waals surface area contributed by atoms with E-state index in [2.05, 4.69) is 36.3 Å². The Kier molecular flexibility index (Phi) is 5.20. The summed E-state index contributed by atoms with van der Waals surface area (Å²) in [6.45, 7) is 9.48. The molecular formula is C14H22ClN5. The van der Waals surface area contributed by atoms with E-state index in [1.54, 1.807) is 0 Å². The lowest BCUT2D eigenvalue weighted by Gasteiger charge is -2.10.